The molecule has 0 saturated carbocycles. The normalized spacial score (nSPS) is 10.9. The number of hydrogen-bond donors (Lipinski definition) is 1. The summed E-state index contributed by atoms with van der Waals surface area (Å²) in [4.78, 5) is 4.35. The molecule has 0 saturated heterocycles. The van der Waals surface area contributed by atoms with Gasteiger partial charge in [0.05, 0.1) is 28.9 Å². The Morgan fingerprint density at radius 3 is 2.80 bits per heavy atom. The summed E-state index contributed by atoms with van der Waals surface area (Å²) in [5, 5.41) is 0.599. The Morgan fingerprint density at radius 2 is 2.05 bits per heavy atom. The number of methoxy groups -OCH3 is 1. The molecule has 102 valence electrons. The molecule has 0 radical (unpaired) electrons. The predicted octanol–water partition coefficient (Wildman–Crippen LogP) is 4.03. The lowest BCUT2D eigenvalue weighted by Crippen LogP contribution is -2.01. The predicted molar refractivity (Wildman–Crippen MR) is 84.7 cm³/mol. The van der Waals surface area contributed by atoms with Crippen LogP contribution in [0.1, 0.15) is 0 Å². The topological polar surface area (TPSA) is 53.1 Å². The fourth-order valence-electron chi connectivity index (χ4n) is 2.11. The molecular formula is C14H11BrClN3O. The highest BCUT2D eigenvalue weighted by Crippen LogP contribution is 2.31. The highest BCUT2D eigenvalue weighted by Gasteiger charge is 2.13. The van der Waals surface area contributed by atoms with Crippen LogP contribution in [0.5, 0.6) is 5.75 Å². The molecule has 3 aromatic rings. The van der Waals surface area contributed by atoms with Gasteiger partial charge < -0.3 is 10.5 Å². The van der Waals surface area contributed by atoms with E-state index in [1.165, 1.54) is 0 Å². The smallest absolute Gasteiger partial charge is 0.205 e. The summed E-state index contributed by atoms with van der Waals surface area (Å²) < 4.78 is 7.98. The first kappa shape index (κ1) is 13.3. The van der Waals surface area contributed by atoms with Crippen LogP contribution in [0.25, 0.3) is 16.7 Å². The van der Waals surface area contributed by atoms with E-state index in [1.54, 1.807) is 7.11 Å². The number of nitrogens with zero attached hydrogens (tertiary/aromatic N) is 2. The molecule has 0 aliphatic heterocycles. The average Bonchev–Trinajstić information content (AvgIpc) is 2.76. The van der Waals surface area contributed by atoms with Gasteiger partial charge in [-0.3, -0.25) is 4.57 Å². The van der Waals surface area contributed by atoms with Crippen LogP contribution in [-0.4, -0.2) is 16.7 Å². The minimum Gasteiger partial charge on any atom is -0.497 e. The van der Waals surface area contributed by atoms with Gasteiger partial charge in [-0.2, -0.15) is 0 Å². The highest BCUT2D eigenvalue weighted by atomic mass is 79.9. The fraction of sp³-hybridized carbons (Fsp3) is 0.0714. The van der Waals surface area contributed by atoms with Crippen LogP contribution in [0, 0.1) is 0 Å². The van der Waals surface area contributed by atoms with E-state index in [9.17, 15) is 0 Å². The van der Waals surface area contributed by atoms with Crippen molar-refractivity contribution in [1.29, 1.82) is 0 Å². The molecule has 2 aromatic carbocycles. The Labute approximate surface area is 129 Å². The van der Waals surface area contributed by atoms with E-state index in [-0.39, 0.29) is 0 Å². The van der Waals surface area contributed by atoms with Crippen molar-refractivity contribution in [1.82, 2.24) is 9.55 Å². The number of hydrogen-bond acceptors (Lipinski definition) is 3. The molecule has 2 N–H and O–H groups in total. The molecule has 0 bridgehead atoms. The lowest BCUT2D eigenvalue weighted by molar-refractivity contribution is 0.415. The third-order valence-electron chi connectivity index (χ3n) is 3.04. The monoisotopic (exact) mass is 351 g/mol. The maximum atomic E-state index is 6.28. The van der Waals surface area contributed by atoms with Crippen molar-refractivity contribution in [2.45, 2.75) is 0 Å². The van der Waals surface area contributed by atoms with E-state index < -0.39 is 0 Å². The van der Waals surface area contributed by atoms with Crippen LogP contribution in [0.15, 0.2) is 40.9 Å². The second kappa shape index (κ2) is 5.00. The molecule has 0 fully saturated rings. The number of imidazole rings is 1. The molecule has 0 atom stereocenters. The zero-order chi connectivity index (χ0) is 14.3. The van der Waals surface area contributed by atoms with Gasteiger partial charge in [0, 0.05) is 10.5 Å². The third kappa shape index (κ3) is 2.13. The zero-order valence-corrected chi connectivity index (χ0v) is 12.9. The summed E-state index contributed by atoms with van der Waals surface area (Å²) in [6.45, 7) is 0. The molecule has 20 heavy (non-hydrogen) atoms. The molecule has 0 spiro atoms. The van der Waals surface area contributed by atoms with Gasteiger partial charge in [-0.15, -0.1) is 0 Å². The van der Waals surface area contributed by atoms with Crippen LogP contribution in [0.4, 0.5) is 5.95 Å². The lowest BCUT2D eigenvalue weighted by atomic mass is 10.2. The van der Waals surface area contributed by atoms with Crippen molar-refractivity contribution >= 4 is 44.5 Å². The van der Waals surface area contributed by atoms with Crippen molar-refractivity contribution in [3.05, 3.63) is 45.9 Å². The Hall–Kier alpha value is -1.72. The van der Waals surface area contributed by atoms with Crippen molar-refractivity contribution in [2.75, 3.05) is 12.8 Å². The van der Waals surface area contributed by atoms with Gasteiger partial charge in [0.15, 0.2) is 0 Å². The second-order valence-corrected chi connectivity index (χ2v) is 5.58. The summed E-state index contributed by atoms with van der Waals surface area (Å²) in [6, 6.07) is 11.2. The summed E-state index contributed by atoms with van der Waals surface area (Å²) in [5.41, 5.74) is 8.45. The highest BCUT2D eigenvalue weighted by molar-refractivity contribution is 9.10. The standard InChI is InChI=1S/C14H11BrClN3O/c1-20-9-3-5-11-13(7-9)19(14(17)18-11)12-6-8(15)2-4-10(12)16/h2-7H,1H3,(H2,17,18). The lowest BCUT2D eigenvalue weighted by Gasteiger charge is -2.10. The van der Waals surface area contributed by atoms with E-state index in [4.69, 9.17) is 22.1 Å². The third-order valence-corrected chi connectivity index (χ3v) is 3.85. The number of aromatic nitrogens is 2. The number of rotatable bonds is 2. The summed E-state index contributed by atoms with van der Waals surface area (Å²) in [6.07, 6.45) is 0. The molecule has 0 aliphatic carbocycles. The summed E-state index contributed by atoms with van der Waals surface area (Å²) in [7, 11) is 1.62. The minimum absolute atomic E-state index is 0.383. The Kier molecular flexibility index (Phi) is 3.31. The quantitative estimate of drug-likeness (QED) is 0.757. The van der Waals surface area contributed by atoms with E-state index in [0.29, 0.717) is 11.0 Å². The maximum absolute atomic E-state index is 6.28. The van der Waals surface area contributed by atoms with Gasteiger partial charge in [0.25, 0.3) is 0 Å². The average molecular weight is 353 g/mol. The first-order valence-corrected chi connectivity index (χ1v) is 7.04. The van der Waals surface area contributed by atoms with E-state index >= 15 is 0 Å². The fourth-order valence-corrected chi connectivity index (χ4v) is 2.66. The summed E-state index contributed by atoms with van der Waals surface area (Å²) in [5.74, 6) is 1.12. The zero-order valence-electron chi connectivity index (χ0n) is 10.6. The SMILES string of the molecule is COc1ccc2nc(N)n(-c3cc(Br)ccc3Cl)c2c1. The number of halogens is 2. The molecule has 4 nitrogen and oxygen atoms in total. The van der Waals surface area contributed by atoms with Crippen LogP contribution in [0.2, 0.25) is 5.02 Å². The first-order chi connectivity index (χ1) is 9.60. The van der Waals surface area contributed by atoms with Gasteiger partial charge in [-0.05, 0) is 30.3 Å². The maximum Gasteiger partial charge on any atom is 0.205 e. The molecule has 6 heteroatoms. The number of benzene rings is 2. The Bertz CT molecular complexity index is 800. The minimum atomic E-state index is 0.383. The molecule has 1 aromatic heterocycles. The van der Waals surface area contributed by atoms with Gasteiger partial charge in [-0.25, -0.2) is 4.98 Å². The van der Waals surface area contributed by atoms with Gasteiger partial charge >= 0.3 is 0 Å². The Balaban J connectivity index is 2.34. The number of nitrogens with two attached hydrogens (primary N) is 1. The van der Waals surface area contributed by atoms with Gasteiger partial charge in [0.2, 0.25) is 5.95 Å². The van der Waals surface area contributed by atoms with Crippen molar-refractivity contribution in [3.63, 3.8) is 0 Å². The van der Waals surface area contributed by atoms with Gasteiger partial charge in [-0.1, -0.05) is 27.5 Å². The van der Waals surface area contributed by atoms with E-state index in [2.05, 4.69) is 20.9 Å². The second-order valence-electron chi connectivity index (χ2n) is 4.26. The van der Waals surface area contributed by atoms with E-state index in [0.717, 1.165) is 26.9 Å². The largest absolute Gasteiger partial charge is 0.497 e. The number of fused-ring (bicyclic) bond motifs is 1. The Morgan fingerprint density at radius 1 is 1.25 bits per heavy atom. The van der Waals surface area contributed by atoms with Crippen molar-refractivity contribution in [2.24, 2.45) is 0 Å². The van der Waals surface area contributed by atoms with Crippen LogP contribution >= 0.6 is 27.5 Å². The van der Waals surface area contributed by atoms with Crippen molar-refractivity contribution < 1.29 is 4.74 Å². The van der Waals surface area contributed by atoms with Crippen LogP contribution in [0.3, 0.4) is 0 Å². The molecule has 0 unspecified atom stereocenters. The number of ether oxygens (including phenoxy) is 1. The summed E-state index contributed by atoms with van der Waals surface area (Å²) >= 11 is 9.72. The number of anilines is 1. The van der Waals surface area contributed by atoms with E-state index in [1.807, 2.05) is 41.0 Å². The molecule has 3 rings (SSSR count). The molecule has 0 aliphatic rings. The van der Waals surface area contributed by atoms with Gasteiger partial charge in [0.1, 0.15) is 5.75 Å². The van der Waals surface area contributed by atoms with Crippen LogP contribution in [-0.2, 0) is 0 Å². The molecule has 1 heterocycles. The van der Waals surface area contributed by atoms with Crippen LogP contribution < -0.4 is 10.5 Å². The first-order valence-electron chi connectivity index (χ1n) is 5.87. The van der Waals surface area contributed by atoms with Crippen molar-refractivity contribution in [3.8, 4) is 11.4 Å². The molecule has 0 amide bonds. The molecular weight excluding hydrogens is 342 g/mol. The number of nitrogen functional groups attached to an aromatic ring is 1.